The Balaban J connectivity index is 0.000000426. The van der Waals surface area contributed by atoms with Crippen molar-refractivity contribution in [2.45, 2.75) is 32.5 Å². The van der Waals surface area contributed by atoms with Crippen LogP contribution in [0.5, 0.6) is 0 Å². The topological polar surface area (TPSA) is 112 Å². The summed E-state index contributed by atoms with van der Waals surface area (Å²) in [5.74, 6) is -1.94. The number of imidazole rings is 1. The van der Waals surface area contributed by atoms with Gasteiger partial charge in [0, 0.05) is 17.3 Å². The number of thiophene rings is 1. The molecule has 1 saturated heterocycles. The van der Waals surface area contributed by atoms with E-state index in [0.717, 1.165) is 54.2 Å². The summed E-state index contributed by atoms with van der Waals surface area (Å²) in [6.45, 7) is 4.87. The maximum absolute atomic E-state index is 11.3. The van der Waals surface area contributed by atoms with E-state index >= 15 is 0 Å². The van der Waals surface area contributed by atoms with E-state index in [1.807, 2.05) is 0 Å². The molecule has 1 aliphatic heterocycles. The summed E-state index contributed by atoms with van der Waals surface area (Å²) in [4.78, 5) is 33.3. The second-order valence-corrected chi connectivity index (χ2v) is 10.3. The number of H-pyrrole nitrogens is 1. The molecule has 0 atom stereocenters. The number of carbonyl (C=O) groups is 2. The Morgan fingerprint density at radius 3 is 2.29 bits per heavy atom. The molecule has 4 N–H and O–H groups in total. The van der Waals surface area contributed by atoms with E-state index in [1.54, 1.807) is 11.3 Å². The van der Waals surface area contributed by atoms with Crippen LogP contribution < -0.4 is 5.73 Å². The minimum Gasteiger partial charge on any atom is -0.475 e. The van der Waals surface area contributed by atoms with Crippen LogP contribution in [-0.4, -0.2) is 51.1 Å². The van der Waals surface area contributed by atoms with E-state index < -0.39 is 12.1 Å². The fraction of sp³-hybridized carbons (Fsp3) is 0.296. The maximum atomic E-state index is 11.3. The summed E-state index contributed by atoms with van der Waals surface area (Å²) in [5, 5.41) is 7.12. The van der Waals surface area contributed by atoms with Gasteiger partial charge in [0.2, 0.25) is 5.91 Å². The van der Waals surface area contributed by atoms with Crippen LogP contribution in [0.2, 0.25) is 0 Å². The van der Waals surface area contributed by atoms with Gasteiger partial charge in [-0.15, -0.1) is 11.3 Å². The number of aromatic amines is 1. The number of fused-ring (bicyclic) bond motifs is 1. The Bertz CT molecular complexity index is 1420. The first-order chi connectivity index (χ1) is 18.0. The van der Waals surface area contributed by atoms with Crippen molar-refractivity contribution in [1.82, 2.24) is 14.9 Å². The summed E-state index contributed by atoms with van der Waals surface area (Å²) in [6, 6.07) is 19.3. The molecule has 11 heteroatoms. The van der Waals surface area contributed by atoms with Crippen molar-refractivity contribution in [2.24, 2.45) is 11.7 Å². The zero-order chi connectivity index (χ0) is 27.4. The highest BCUT2D eigenvalue weighted by atomic mass is 32.1. The fourth-order valence-corrected chi connectivity index (χ4v) is 5.28. The molecular formula is C27H27F3N4O3S. The molecule has 1 aliphatic rings. The number of carbonyl (C=O) groups excluding carboxylic acids is 1. The third-order valence-electron chi connectivity index (χ3n) is 6.43. The van der Waals surface area contributed by atoms with Gasteiger partial charge in [-0.25, -0.2) is 9.78 Å². The van der Waals surface area contributed by atoms with Gasteiger partial charge in [-0.3, -0.25) is 9.69 Å². The molecule has 0 saturated carbocycles. The van der Waals surface area contributed by atoms with Crippen molar-refractivity contribution in [3.63, 3.8) is 0 Å². The number of likely N-dealkylation sites (tertiary alicyclic amines) is 1. The number of nitrogens with zero attached hydrogens (tertiary/aromatic N) is 2. The fourth-order valence-electron chi connectivity index (χ4n) is 4.32. The predicted octanol–water partition coefficient (Wildman–Crippen LogP) is 5.60. The largest absolute Gasteiger partial charge is 0.490 e. The van der Waals surface area contributed by atoms with E-state index in [2.05, 4.69) is 71.4 Å². The SMILES string of the molecule is Cc1cccc2[nH]c(-c3ccc(-c4ccc(CN5CCC(C(N)=O)CC5)cc4)s3)nc12.O=C(O)C(F)(F)F. The van der Waals surface area contributed by atoms with E-state index in [0.29, 0.717) is 0 Å². The number of nitrogens with two attached hydrogens (primary N) is 1. The number of aromatic nitrogens is 2. The van der Waals surface area contributed by atoms with Crippen molar-refractivity contribution < 1.29 is 27.9 Å². The Labute approximate surface area is 221 Å². The monoisotopic (exact) mass is 544 g/mol. The van der Waals surface area contributed by atoms with Crippen molar-refractivity contribution >= 4 is 34.2 Å². The van der Waals surface area contributed by atoms with Gasteiger partial charge in [-0.1, -0.05) is 36.4 Å². The number of alkyl halides is 3. The quantitative estimate of drug-likeness (QED) is 0.303. The molecule has 0 spiro atoms. The molecule has 200 valence electrons. The van der Waals surface area contributed by atoms with Gasteiger partial charge < -0.3 is 15.8 Å². The van der Waals surface area contributed by atoms with E-state index in [4.69, 9.17) is 20.6 Å². The standard InChI is InChI=1S/C25H26N4OS.C2HF3O2/c1-16-3-2-4-20-23(16)28-25(27-20)22-10-9-21(31-22)18-7-5-17(6-8-18)15-29-13-11-19(12-14-29)24(26)30;3-2(4,5)1(6)7/h2-10,19H,11-15H2,1H3,(H2,26,30)(H,27,28);(H,6,7). The van der Waals surface area contributed by atoms with Crippen molar-refractivity contribution in [2.75, 3.05) is 13.1 Å². The van der Waals surface area contributed by atoms with Gasteiger partial charge in [0.05, 0.1) is 15.9 Å². The van der Waals surface area contributed by atoms with Gasteiger partial charge in [0.15, 0.2) is 0 Å². The van der Waals surface area contributed by atoms with Crippen LogP contribution in [0.25, 0.3) is 32.2 Å². The third-order valence-corrected chi connectivity index (χ3v) is 7.57. The van der Waals surface area contributed by atoms with E-state index in [-0.39, 0.29) is 11.8 Å². The first kappa shape index (κ1) is 27.3. The summed E-state index contributed by atoms with van der Waals surface area (Å²) in [5.41, 5.74) is 11.3. The Hall–Kier alpha value is -3.70. The highest BCUT2D eigenvalue weighted by Crippen LogP contribution is 2.34. The molecule has 2 aromatic heterocycles. The number of nitrogens with one attached hydrogen (secondary N) is 1. The van der Waals surface area contributed by atoms with Gasteiger partial charge in [-0.2, -0.15) is 13.2 Å². The summed E-state index contributed by atoms with van der Waals surface area (Å²) >= 11 is 1.76. The molecule has 4 aromatic rings. The van der Waals surface area contributed by atoms with Crippen molar-refractivity contribution in [3.05, 3.63) is 65.7 Å². The van der Waals surface area contributed by atoms with Gasteiger partial charge in [-0.05, 0) is 67.7 Å². The van der Waals surface area contributed by atoms with Crippen molar-refractivity contribution in [1.29, 1.82) is 0 Å². The normalized spacial score (nSPS) is 14.7. The van der Waals surface area contributed by atoms with Gasteiger partial charge in [0.25, 0.3) is 0 Å². The van der Waals surface area contributed by atoms with Crippen LogP contribution in [0.4, 0.5) is 13.2 Å². The lowest BCUT2D eigenvalue weighted by Gasteiger charge is -2.30. The Kier molecular flexibility index (Phi) is 8.17. The number of carboxylic acids is 1. The highest BCUT2D eigenvalue weighted by Gasteiger charge is 2.38. The summed E-state index contributed by atoms with van der Waals surface area (Å²) in [7, 11) is 0. The zero-order valence-corrected chi connectivity index (χ0v) is 21.4. The number of rotatable bonds is 5. The van der Waals surface area contributed by atoms with Crippen LogP contribution in [0, 0.1) is 12.8 Å². The molecule has 1 amide bonds. The Morgan fingerprint density at radius 1 is 1.08 bits per heavy atom. The molecule has 2 aromatic carbocycles. The first-order valence-electron chi connectivity index (χ1n) is 12.0. The lowest BCUT2D eigenvalue weighted by atomic mass is 9.96. The van der Waals surface area contributed by atoms with Crippen LogP contribution in [0.3, 0.4) is 0 Å². The molecule has 0 bridgehead atoms. The van der Waals surface area contributed by atoms with Crippen LogP contribution in [0.15, 0.2) is 54.6 Å². The lowest BCUT2D eigenvalue weighted by Crippen LogP contribution is -2.38. The highest BCUT2D eigenvalue weighted by molar-refractivity contribution is 7.18. The smallest absolute Gasteiger partial charge is 0.475 e. The lowest BCUT2D eigenvalue weighted by molar-refractivity contribution is -0.192. The van der Waals surface area contributed by atoms with E-state index in [9.17, 15) is 18.0 Å². The molecule has 1 fully saturated rings. The number of halogens is 3. The summed E-state index contributed by atoms with van der Waals surface area (Å²) in [6.07, 6.45) is -3.35. The molecule has 7 nitrogen and oxygen atoms in total. The molecule has 0 unspecified atom stereocenters. The number of benzene rings is 2. The minimum absolute atomic E-state index is 0.0438. The number of primary amides is 1. The van der Waals surface area contributed by atoms with Gasteiger partial charge in [0.1, 0.15) is 5.82 Å². The zero-order valence-electron chi connectivity index (χ0n) is 20.6. The van der Waals surface area contributed by atoms with Crippen LogP contribution >= 0.6 is 11.3 Å². The number of hydrogen-bond donors (Lipinski definition) is 3. The van der Waals surface area contributed by atoms with Gasteiger partial charge >= 0.3 is 12.1 Å². The second kappa shape index (κ2) is 11.4. The predicted molar refractivity (Wildman–Crippen MR) is 140 cm³/mol. The number of carboxylic acid groups (broad SMARTS) is 1. The third kappa shape index (κ3) is 6.59. The maximum Gasteiger partial charge on any atom is 0.490 e. The number of aryl methyl sites for hydroxylation is 1. The van der Waals surface area contributed by atoms with Crippen LogP contribution in [-0.2, 0) is 16.1 Å². The number of piperidine rings is 1. The first-order valence-corrected chi connectivity index (χ1v) is 12.8. The number of para-hydroxylation sites is 1. The van der Waals surface area contributed by atoms with Crippen LogP contribution in [0.1, 0.15) is 24.0 Å². The average Bonchev–Trinajstić information content (AvgIpc) is 3.53. The number of hydrogen-bond acceptors (Lipinski definition) is 5. The van der Waals surface area contributed by atoms with E-state index in [1.165, 1.54) is 21.6 Å². The average molecular weight is 545 g/mol. The minimum atomic E-state index is -5.08. The molecule has 5 rings (SSSR count). The Morgan fingerprint density at radius 2 is 1.71 bits per heavy atom. The molecule has 3 heterocycles. The number of amides is 1. The van der Waals surface area contributed by atoms with Crippen molar-refractivity contribution in [3.8, 4) is 21.1 Å². The number of aliphatic carboxylic acids is 1. The molecular weight excluding hydrogens is 517 g/mol. The molecule has 38 heavy (non-hydrogen) atoms. The second-order valence-electron chi connectivity index (χ2n) is 9.17. The molecule has 0 aliphatic carbocycles. The molecule has 0 radical (unpaired) electrons. The summed E-state index contributed by atoms with van der Waals surface area (Å²) < 4.78 is 31.7.